The lowest BCUT2D eigenvalue weighted by atomic mass is 9.85. The Kier molecular flexibility index (Phi) is 7.08. The van der Waals surface area contributed by atoms with E-state index in [1.165, 1.54) is 24.3 Å². The maximum absolute atomic E-state index is 12.6. The molecule has 0 bridgehead atoms. The quantitative estimate of drug-likeness (QED) is 0.295. The molecule has 2 atom stereocenters. The van der Waals surface area contributed by atoms with Gasteiger partial charge >= 0.3 is 0 Å². The summed E-state index contributed by atoms with van der Waals surface area (Å²) in [5.74, 6) is -3.20. The number of likely N-dealkylation sites (tertiary alicyclic amines) is 1. The minimum Gasteiger partial charge on any atom is -0.274 e. The van der Waals surface area contributed by atoms with E-state index in [1.807, 2.05) is 18.2 Å². The molecule has 1 aliphatic heterocycles. The molecular weight excluding hydrogens is 472 g/mol. The van der Waals surface area contributed by atoms with Gasteiger partial charge in [-0.05, 0) is 36.6 Å². The Labute approximate surface area is 202 Å². The number of imide groups is 1. The zero-order valence-electron chi connectivity index (χ0n) is 18.6. The molecule has 1 aliphatic carbocycles. The van der Waals surface area contributed by atoms with E-state index in [0.29, 0.717) is 12.8 Å². The number of sulfonamides is 1. The van der Waals surface area contributed by atoms with Crippen LogP contribution in [0.4, 0.5) is 0 Å². The predicted octanol–water partition coefficient (Wildman–Crippen LogP) is 0.877. The molecule has 1 fully saturated rings. The highest BCUT2D eigenvalue weighted by Crippen LogP contribution is 2.34. The van der Waals surface area contributed by atoms with Gasteiger partial charge in [-0.3, -0.25) is 34.9 Å². The number of hydrogen-bond acceptors (Lipinski definition) is 6. The Morgan fingerprint density at radius 3 is 2.20 bits per heavy atom. The van der Waals surface area contributed by atoms with Gasteiger partial charge in [-0.15, -0.1) is 0 Å². The van der Waals surface area contributed by atoms with Crippen molar-refractivity contribution in [3.05, 3.63) is 77.9 Å². The lowest BCUT2D eigenvalue weighted by molar-refractivity contribution is -0.143. The van der Waals surface area contributed by atoms with Crippen LogP contribution < -0.4 is 15.6 Å². The van der Waals surface area contributed by atoms with Gasteiger partial charge in [0.1, 0.15) is 6.54 Å². The monoisotopic (exact) mass is 496 g/mol. The van der Waals surface area contributed by atoms with Crippen molar-refractivity contribution in [2.24, 2.45) is 11.8 Å². The van der Waals surface area contributed by atoms with Crippen molar-refractivity contribution in [1.29, 1.82) is 0 Å². The van der Waals surface area contributed by atoms with Gasteiger partial charge in [0.2, 0.25) is 21.8 Å². The van der Waals surface area contributed by atoms with Crippen molar-refractivity contribution >= 4 is 33.7 Å². The molecular formula is C24H24N4O6S. The summed E-state index contributed by atoms with van der Waals surface area (Å²) in [6.45, 7) is -0.426. The van der Waals surface area contributed by atoms with Gasteiger partial charge in [-0.1, -0.05) is 48.6 Å². The second-order valence-electron chi connectivity index (χ2n) is 8.26. The maximum atomic E-state index is 12.6. The summed E-state index contributed by atoms with van der Waals surface area (Å²) < 4.78 is 27.7. The number of fused-ring (bicyclic) bond motifs is 1. The number of allylic oxidation sites excluding steroid dienone is 2. The van der Waals surface area contributed by atoms with E-state index in [0.717, 1.165) is 10.5 Å². The van der Waals surface area contributed by atoms with Gasteiger partial charge in [0, 0.05) is 12.1 Å². The molecule has 0 spiro atoms. The Hall–Kier alpha value is -3.83. The van der Waals surface area contributed by atoms with Gasteiger partial charge in [0.05, 0.1) is 16.7 Å². The largest absolute Gasteiger partial charge is 0.274 e. The van der Waals surface area contributed by atoms with E-state index < -0.39 is 52.0 Å². The first-order valence-corrected chi connectivity index (χ1v) is 12.5. The molecule has 11 heteroatoms. The van der Waals surface area contributed by atoms with Gasteiger partial charge in [-0.2, -0.15) is 0 Å². The lowest BCUT2D eigenvalue weighted by Crippen LogP contribution is -2.48. The predicted molar refractivity (Wildman–Crippen MR) is 125 cm³/mol. The highest BCUT2D eigenvalue weighted by atomic mass is 32.2. The van der Waals surface area contributed by atoms with Crippen LogP contribution >= 0.6 is 0 Å². The number of hydrazine groups is 1. The first kappa shape index (κ1) is 24.3. The topological polar surface area (TPSA) is 142 Å². The Morgan fingerprint density at radius 1 is 0.886 bits per heavy atom. The first-order chi connectivity index (χ1) is 16.8. The van der Waals surface area contributed by atoms with Crippen molar-refractivity contribution in [2.45, 2.75) is 24.3 Å². The van der Waals surface area contributed by atoms with E-state index in [4.69, 9.17) is 0 Å². The van der Waals surface area contributed by atoms with Crippen LogP contribution in [0.25, 0.3) is 0 Å². The standard InChI is InChI=1S/C24H24N4O6S/c29-21(15-28-23(31)19-11-4-5-12-20(19)24(28)32)26-27-22(30)17-9-6-10-18(13-17)35(33,34)25-14-16-7-2-1-3-8-16/h1-10,13,19-20,25H,11-12,14-15H2,(H,26,29)(H,27,30). The van der Waals surface area contributed by atoms with Gasteiger partial charge < -0.3 is 0 Å². The molecule has 4 rings (SSSR count). The fourth-order valence-corrected chi connectivity index (χ4v) is 5.13. The minimum atomic E-state index is -3.89. The van der Waals surface area contributed by atoms with Crippen LogP contribution in [0.3, 0.4) is 0 Å². The van der Waals surface area contributed by atoms with Crippen LogP contribution in [-0.4, -0.2) is 43.5 Å². The van der Waals surface area contributed by atoms with Crippen molar-refractivity contribution in [3.63, 3.8) is 0 Å². The number of benzene rings is 2. The number of nitrogens with zero attached hydrogens (tertiary/aromatic N) is 1. The molecule has 4 amide bonds. The van der Waals surface area contributed by atoms with Crippen LogP contribution in [0.1, 0.15) is 28.8 Å². The van der Waals surface area contributed by atoms with Crippen molar-refractivity contribution in [2.75, 3.05) is 6.54 Å². The van der Waals surface area contributed by atoms with Crippen LogP contribution in [0.2, 0.25) is 0 Å². The molecule has 1 saturated heterocycles. The molecule has 2 aromatic rings. The van der Waals surface area contributed by atoms with Crippen LogP contribution in [0.15, 0.2) is 71.6 Å². The zero-order valence-corrected chi connectivity index (χ0v) is 19.5. The number of rotatable bonds is 7. The van der Waals surface area contributed by atoms with Crippen molar-refractivity contribution in [3.8, 4) is 0 Å². The third-order valence-electron chi connectivity index (χ3n) is 5.93. The average molecular weight is 497 g/mol. The normalized spacial score (nSPS) is 19.4. The number of amides is 4. The van der Waals surface area contributed by atoms with Gasteiger partial charge in [0.15, 0.2) is 0 Å². The summed E-state index contributed by atoms with van der Waals surface area (Å²) in [5, 5.41) is 0. The minimum absolute atomic E-state index is 0.00157. The smallest absolute Gasteiger partial charge is 0.269 e. The SMILES string of the molecule is O=C(CN1C(=O)C2CC=CCC2C1=O)NNC(=O)c1cccc(S(=O)(=O)NCc2ccccc2)c1. The fraction of sp³-hybridized carbons (Fsp3) is 0.250. The lowest BCUT2D eigenvalue weighted by Gasteiger charge is -2.15. The van der Waals surface area contributed by atoms with Crippen LogP contribution in [0.5, 0.6) is 0 Å². The van der Waals surface area contributed by atoms with E-state index in [9.17, 15) is 27.6 Å². The van der Waals surface area contributed by atoms with E-state index in [1.54, 1.807) is 24.3 Å². The van der Waals surface area contributed by atoms with Crippen molar-refractivity contribution < 1.29 is 27.6 Å². The molecule has 10 nitrogen and oxygen atoms in total. The Balaban J connectivity index is 1.33. The molecule has 182 valence electrons. The highest BCUT2D eigenvalue weighted by molar-refractivity contribution is 7.89. The van der Waals surface area contributed by atoms with Gasteiger partial charge in [0.25, 0.3) is 11.8 Å². The molecule has 0 radical (unpaired) electrons. The number of nitrogens with one attached hydrogen (secondary N) is 3. The van der Waals surface area contributed by atoms with Gasteiger partial charge in [-0.25, -0.2) is 13.1 Å². The number of hydrogen-bond donors (Lipinski definition) is 3. The molecule has 2 aromatic carbocycles. The van der Waals surface area contributed by atoms with Crippen molar-refractivity contribution in [1.82, 2.24) is 20.5 Å². The molecule has 1 heterocycles. The summed E-state index contributed by atoms with van der Waals surface area (Å²) in [6.07, 6.45) is 4.62. The molecule has 0 aromatic heterocycles. The summed E-state index contributed by atoms with van der Waals surface area (Å²) in [4.78, 5) is 50.5. The summed E-state index contributed by atoms with van der Waals surface area (Å²) in [7, 11) is -3.89. The third-order valence-corrected chi connectivity index (χ3v) is 7.33. The zero-order chi connectivity index (χ0) is 25.0. The van der Waals surface area contributed by atoms with Crippen LogP contribution in [0, 0.1) is 11.8 Å². The summed E-state index contributed by atoms with van der Waals surface area (Å²) in [5.41, 5.74) is 5.13. The Bertz CT molecular complexity index is 1270. The highest BCUT2D eigenvalue weighted by Gasteiger charge is 2.47. The van der Waals surface area contributed by atoms with E-state index in [-0.39, 0.29) is 17.0 Å². The number of carbonyl (C=O) groups excluding carboxylic acids is 4. The van der Waals surface area contributed by atoms with Crippen LogP contribution in [-0.2, 0) is 31.0 Å². The molecule has 3 N–H and O–H groups in total. The van der Waals surface area contributed by atoms with E-state index in [2.05, 4.69) is 15.6 Å². The fourth-order valence-electron chi connectivity index (χ4n) is 4.07. The Morgan fingerprint density at radius 2 is 1.54 bits per heavy atom. The molecule has 0 saturated carbocycles. The first-order valence-electron chi connectivity index (χ1n) is 11.0. The number of carbonyl (C=O) groups is 4. The summed E-state index contributed by atoms with van der Waals surface area (Å²) >= 11 is 0. The average Bonchev–Trinajstić information content (AvgIpc) is 3.11. The molecule has 2 aliphatic rings. The second kappa shape index (κ2) is 10.2. The second-order valence-corrected chi connectivity index (χ2v) is 10.0. The molecule has 2 unspecified atom stereocenters. The molecule has 35 heavy (non-hydrogen) atoms. The van der Waals surface area contributed by atoms with E-state index >= 15 is 0 Å². The third kappa shape index (κ3) is 5.47. The summed E-state index contributed by atoms with van der Waals surface area (Å²) in [6, 6.07) is 14.3. The maximum Gasteiger partial charge on any atom is 0.269 e.